The van der Waals surface area contributed by atoms with Gasteiger partial charge in [0, 0.05) is 24.8 Å². The summed E-state index contributed by atoms with van der Waals surface area (Å²) < 4.78 is 0. The maximum absolute atomic E-state index is 5.98. The lowest BCUT2D eigenvalue weighted by atomic mass is 10.1. The third-order valence-electron chi connectivity index (χ3n) is 3.23. The van der Waals surface area contributed by atoms with Crippen LogP contribution in [0.4, 0.5) is 5.69 Å². The first kappa shape index (κ1) is 10.5. The van der Waals surface area contributed by atoms with Crippen LogP contribution in [0.3, 0.4) is 0 Å². The van der Waals surface area contributed by atoms with Crippen LogP contribution < -0.4 is 10.6 Å². The summed E-state index contributed by atoms with van der Waals surface area (Å²) in [5, 5.41) is 0. The van der Waals surface area contributed by atoms with Crippen molar-refractivity contribution in [1.29, 1.82) is 0 Å². The van der Waals surface area contributed by atoms with Crippen molar-refractivity contribution in [1.82, 2.24) is 0 Å². The minimum absolute atomic E-state index is 0.192. The molecule has 2 nitrogen and oxygen atoms in total. The molecule has 2 N–H and O–H groups in total. The molecule has 1 fully saturated rings. The minimum atomic E-state index is 0.192. The Kier molecular flexibility index (Phi) is 3.27. The van der Waals surface area contributed by atoms with Crippen molar-refractivity contribution in [2.45, 2.75) is 32.2 Å². The van der Waals surface area contributed by atoms with E-state index in [0.29, 0.717) is 0 Å². The summed E-state index contributed by atoms with van der Waals surface area (Å²) in [6.07, 6.45) is 3.66. The van der Waals surface area contributed by atoms with Gasteiger partial charge in [-0.3, -0.25) is 0 Å². The Morgan fingerprint density at radius 2 is 1.80 bits per heavy atom. The molecule has 1 heterocycles. The number of hydrogen-bond donors (Lipinski definition) is 1. The van der Waals surface area contributed by atoms with Crippen molar-refractivity contribution < 1.29 is 0 Å². The molecule has 0 radical (unpaired) electrons. The smallest absolute Gasteiger partial charge is 0.0366 e. The number of nitrogens with two attached hydrogens (primary N) is 1. The summed E-state index contributed by atoms with van der Waals surface area (Å²) in [7, 11) is 0. The van der Waals surface area contributed by atoms with E-state index >= 15 is 0 Å². The normalized spacial score (nSPS) is 18.1. The number of nitrogens with zero attached hydrogens (tertiary/aromatic N) is 1. The standard InChI is InChI=1S/C13H20N2/c1-2-13(14)11-5-7-12(8-6-11)15-9-3-4-10-15/h5-8,13H,2-4,9-10,14H2,1H3. The van der Waals surface area contributed by atoms with Gasteiger partial charge in [-0.05, 0) is 37.0 Å². The van der Waals surface area contributed by atoms with Crippen molar-refractivity contribution in [3.05, 3.63) is 29.8 Å². The highest BCUT2D eigenvalue weighted by molar-refractivity contribution is 5.48. The SMILES string of the molecule is CCC(N)c1ccc(N2CCCC2)cc1. The molecule has 1 aliphatic rings. The number of rotatable bonds is 3. The van der Waals surface area contributed by atoms with Crippen LogP contribution in [0.25, 0.3) is 0 Å². The van der Waals surface area contributed by atoms with E-state index in [4.69, 9.17) is 5.73 Å². The zero-order valence-corrected chi connectivity index (χ0v) is 9.45. The molecule has 1 aromatic carbocycles. The first-order valence-corrected chi connectivity index (χ1v) is 5.91. The van der Waals surface area contributed by atoms with Crippen molar-refractivity contribution in [2.24, 2.45) is 5.73 Å². The highest BCUT2D eigenvalue weighted by Crippen LogP contribution is 2.22. The molecule has 0 saturated carbocycles. The first-order chi connectivity index (χ1) is 7.31. The van der Waals surface area contributed by atoms with Gasteiger partial charge in [0.15, 0.2) is 0 Å². The molecule has 0 aliphatic carbocycles. The molecule has 0 spiro atoms. The average molecular weight is 204 g/mol. The first-order valence-electron chi connectivity index (χ1n) is 5.91. The van der Waals surface area contributed by atoms with Gasteiger partial charge in [0.1, 0.15) is 0 Å². The van der Waals surface area contributed by atoms with Gasteiger partial charge >= 0.3 is 0 Å². The number of anilines is 1. The molecule has 0 aromatic heterocycles. The highest BCUT2D eigenvalue weighted by Gasteiger charge is 2.12. The van der Waals surface area contributed by atoms with E-state index in [0.717, 1.165) is 6.42 Å². The van der Waals surface area contributed by atoms with Crippen LogP contribution in [0, 0.1) is 0 Å². The van der Waals surface area contributed by atoms with Gasteiger partial charge in [0.25, 0.3) is 0 Å². The summed E-state index contributed by atoms with van der Waals surface area (Å²) >= 11 is 0. The maximum Gasteiger partial charge on any atom is 0.0366 e. The summed E-state index contributed by atoms with van der Waals surface area (Å²) in [5.41, 5.74) is 8.58. The Labute approximate surface area is 92.1 Å². The van der Waals surface area contributed by atoms with E-state index in [-0.39, 0.29) is 6.04 Å². The van der Waals surface area contributed by atoms with Crippen LogP contribution in [0.2, 0.25) is 0 Å². The molecular weight excluding hydrogens is 184 g/mol. The molecule has 2 heteroatoms. The van der Waals surface area contributed by atoms with Crippen LogP contribution in [0.15, 0.2) is 24.3 Å². The third-order valence-corrected chi connectivity index (χ3v) is 3.23. The monoisotopic (exact) mass is 204 g/mol. The summed E-state index contributed by atoms with van der Waals surface area (Å²) in [5.74, 6) is 0. The minimum Gasteiger partial charge on any atom is -0.372 e. The third kappa shape index (κ3) is 2.32. The van der Waals surface area contributed by atoms with Crippen LogP contribution in [-0.4, -0.2) is 13.1 Å². The Bertz CT molecular complexity index is 299. The summed E-state index contributed by atoms with van der Waals surface area (Å²) in [6.45, 7) is 4.54. The fourth-order valence-corrected chi connectivity index (χ4v) is 2.14. The molecule has 2 rings (SSSR count). The predicted molar refractivity (Wildman–Crippen MR) is 65.1 cm³/mol. The summed E-state index contributed by atoms with van der Waals surface area (Å²) in [4.78, 5) is 2.45. The second-order valence-electron chi connectivity index (χ2n) is 4.30. The van der Waals surface area contributed by atoms with Crippen molar-refractivity contribution in [2.75, 3.05) is 18.0 Å². The average Bonchev–Trinajstić information content (AvgIpc) is 2.82. The van der Waals surface area contributed by atoms with E-state index in [1.54, 1.807) is 0 Å². The lowest BCUT2D eigenvalue weighted by molar-refractivity contribution is 0.698. The van der Waals surface area contributed by atoms with E-state index in [9.17, 15) is 0 Å². The van der Waals surface area contributed by atoms with E-state index in [2.05, 4.69) is 36.1 Å². The van der Waals surface area contributed by atoms with Crippen LogP contribution >= 0.6 is 0 Å². The molecular formula is C13H20N2. The van der Waals surface area contributed by atoms with Gasteiger partial charge in [-0.2, -0.15) is 0 Å². The van der Waals surface area contributed by atoms with Crippen molar-refractivity contribution in [3.63, 3.8) is 0 Å². The van der Waals surface area contributed by atoms with Gasteiger partial charge in [-0.1, -0.05) is 19.1 Å². The largest absolute Gasteiger partial charge is 0.372 e. The van der Waals surface area contributed by atoms with E-state index in [1.165, 1.54) is 37.2 Å². The molecule has 1 aliphatic heterocycles. The second-order valence-corrected chi connectivity index (χ2v) is 4.30. The van der Waals surface area contributed by atoms with Crippen molar-refractivity contribution >= 4 is 5.69 Å². The molecule has 0 amide bonds. The molecule has 1 atom stereocenters. The Balaban J connectivity index is 2.09. The fourth-order valence-electron chi connectivity index (χ4n) is 2.14. The highest BCUT2D eigenvalue weighted by atomic mass is 15.1. The van der Waals surface area contributed by atoms with Crippen LogP contribution in [0.1, 0.15) is 37.8 Å². The Morgan fingerprint density at radius 1 is 1.20 bits per heavy atom. The van der Waals surface area contributed by atoms with Crippen molar-refractivity contribution in [3.8, 4) is 0 Å². The second kappa shape index (κ2) is 4.67. The topological polar surface area (TPSA) is 29.3 Å². The van der Waals surface area contributed by atoms with Gasteiger partial charge in [0.2, 0.25) is 0 Å². The van der Waals surface area contributed by atoms with Gasteiger partial charge in [0.05, 0.1) is 0 Å². The molecule has 15 heavy (non-hydrogen) atoms. The van der Waals surface area contributed by atoms with E-state index in [1.807, 2.05) is 0 Å². The van der Waals surface area contributed by atoms with Gasteiger partial charge in [-0.25, -0.2) is 0 Å². The van der Waals surface area contributed by atoms with E-state index < -0.39 is 0 Å². The maximum atomic E-state index is 5.98. The van der Waals surface area contributed by atoms with Gasteiger partial charge in [-0.15, -0.1) is 0 Å². The van der Waals surface area contributed by atoms with Crippen LogP contribution in [-0.2, 0) is 0 Å². The molecule has 82 valence electrons. The molecule has 1 unspecified atom stereocenters. The predicted octanol–water partition coefficient (Wildman–Crippen LogP) is 2.70. The quantitative estimate of drug-likeness (QED) is 0.820. The number of hydrogen-bond acceptors (Lipinski definition) is 2. The fraction of sp³-hybridized carbons (Fsp3) is 0.538. The molecule has 1 aromatic rings. The molecule has 1 saturated heterocycles. The van der Waals surface area contributed by atoms with Crippen LogP contribution in [0.5, 0.6) is 0 Å². The van der Waals surface area contributed by atoms with Gasteiger partial charge < -0.3 is 10.6 Å². The number of benzene rings is 1. The lowest BCUT2D eigenvalue weighted by Crippen LogP contribution is -2.17. The molecule has 0 bridgehead atoms. The lowest BCUT2D eigenvalue weighted by Gasteiger charge is -2.18. The summed E-state index contributed by atoms with van der Waals surface area (Å²) in [6, 6.07) is 8.94. The zero-order valence-electron chi connectivity index (χ0n) is 9.45. The Hall–Kier alpha value is -1.02. The zero-order chi connectivity index (χ0) is 10.7. The Morgan fingerprint density at radius 3 is 2.33 bits per heavy atom.